The summed E-state index contributed by atoms with van der Waals surface area (Å²) in [5.74, 6) is 1.25. The molecule has 0 unspecified atom stereocenters. The van der Waals surface area contributed by atoms with Crippen molar-refractivity contribution in [3.63, 3.8) is 0 Å². The normalized spacial score (nSPS) is 24.3. The van der Waals surface area contributed by atoms with Crippen molar-refractivity contribution >= 4 is 11.6 Å². The summed E-state index contributed by atoms with van der Waals surface area (Å²) in [6.45, 7) is 17.2. The molecule has 0 aromatic heterocycles. The number of fused-ring (bicyclic) bond motifs is 3. The van der Waals surface area contributed by atoms with Crippen LogP contribution >= 0.6 is 0 Å². The molecular formula is C50H64N2O9. The Kier molecular flexibility index (Phi) is 13.8. The van der Waals surface area contributed by atoms with E-state index in [2.05, 4.69) is 51.6 Å². The van der Waals surface area contributed by atoms with Crippen LogP contribution in [-0.2, 0) is 9.57 Å². The van der Waals surface area contributed by atoms with E-state index in [1.54, 1.807) is 24.3 Å². The van der Waals surface area contributed by atoms with Crippen LogP contribution in [0, 0.1) is 31.6 Å². The number of hydrogen-bond acceptors (Lipinski definition) is 10. The molecule has 0 radical (unpaired) electrons. The van der Waals surface area contributed by atoms with Gasteiger partial charge in [0.05, 0.1) is 18.2 Å². The van der Waals surface area contributed by atoms with Gasteiger partial charge >= 0.3 is 0 Å². The number of aryl methyl sites for hydroxylation is 2. The highest BCUT2D eigenvalue weighted by atomic mass is 16.7. The number of aliphatic hydroxyl groups is 2. The molecule has 6 atom stereocenters. The van der Waals surface area contributed by atoms with Gasteiger partial charge in [-0.15, -0.1) is 6.58 Å². The third kappa shape index (κ3) is 9.34. The number of rotatable bonds is 18. The molecule has 0 spiro atoms. The second-order valence-corrected chi connectivity index (χ2v) is 17.9. The maximum absolute atomic E-state index is 15.1. The summed E-state index contributed by atoms with van der Waals surface area (Å²) >= 11 is 0. The molecule has 0 saturated heterocycles. The van der Waals surface area contributed by atoms with E-state index in [0.717, 1.165) is 53.8 Å². The van der Waals surface area contributed by atoms with Crippen molar-refractivity contribution in [2.45, 2.75) is 116 Å². The molecule has 7 rings (SSSR count). The summed E-state index contributed by atoms with van der Waals surface area (Å²) in [6.07, 6.45) is 9.81. The highest BCUT2D eigenvalue weighted by Crippen LogP contribution is 2.62. The largest absolute Gasteiger partial charge is 0.459 e. The Bertz CT molecular complexity index is 2110. The number of hydrogen-bond donors (Lipinski definition) is 2. The van der Waals surface area contributed by atoms with E-state index in [4.69, 9.17) is 33.7 Å². The maximum Gasteiger partial charge on any atom is 0.254 e. The van der Waals surface area contributed by atoms with Gasteiger partial charge in [-0.05, 0) is 144 Å². The first-order valence-corrected chi connectivity index (χ1v) is 22.1. The number of carbonyl (C=O) groups excluding carboxylic acids is 1. The number of unbranched alkanes of at least 4 members (excludes halogenated alkanes) is 2. The van der Waals surface area contributed by atoms with E-state index in [-0.39, 0.29) is 50.3 Å². The zero-order valence-corrected chi connectivity index (χ0v) is 36.8. The van der Waals surface area contributed by atoms with Gasteiger partial charge in [0.15, 0.2) is 11.5 Å². The van der Waals surface area contributed by atoms with Crippen LogP contribution in [0.3, 0.4) is 0 Å². The minimum Gasteiger partial charge on any atom is -0.459 e. The molecule has 1 amide bonds. The van der Waals surface area contributed by atoms with E-state index in [1.165, 1.54) is 5.56 Å². The predicted octanol–water partition coefficient (Wildman–Crippen LogP) is 9.81. The fourth-order valence-electron chi connectivity index (χ4n) is 9.65. The van der Waals surface area contributed by atoms with Crippen molar-refractivity contribution in [3.8, 4) is 28.7 Å². The number of allylic oxidation sites excluding steroid dienone is 1. The Hall–Kier alpha value is -4.84. The Balaban J connectivity index is 1.45. The van der Waals surface area contributed by atoms with Gasteiger partial charge in [0.1, 0.15) is 28.9 Å². The highest BCUT2D eigenvalue weighted by molar-refractivity contribution is 6.03. The van der Waals surface area contributed by atoms with Gasteiger partial charge in [-0.3, -0.25) is 4.79 Å². The van der Waals surface area contributed by atoms with Gasteiger partial charge in [0.2, 0.25) is 12.6 Å². The Morgan fingerprint density at radius 1 is 0.934 bits per heavy atom. The van der Waals surface area contributed by atoms with Crippen LogP contribution in [0.25, 0.3) is 0 Å². The van der Waals surface area contributed by atoms with Crippen molar-refractivity contribution in [1.29, 1.82) is 0 Å². The molecule has 2 aliphatic carbocycles. The summed E-state index contributed by atoms with van der Waals surface area (Å²) in [5.41, 5.74) is 4.96. The van der Waals surface area contributed by atoms with Crippen molar-refractivity contribution in [3.05, 3.63) is 101 Å². The first-order valence-electron chi connectivity index (χ1n) is 22.1. The van der Waals surface area contributed by atoms with Crippen LogP contribution in [0.15, 0.2) is 84.1 Å². The van der Waals surface area contributed by atoms with Crippen LogP contribution in [0.1, 0.15) is 112 Å². The SMILES string of the molecule is C=CCO[C@@]12Oc3ccc(Oc4ccc(C)c(C)c4)cc3[C@H]3[C@H](CCCCO)[C@@H](CCCCO)C=C(C(=NOC(C)(C)C)C[C@@H]1N(CCC)C(=O)c1ccc4c(c1)OCO4)[C@H]32. The molecule has 11 heteroatoms. The Morgan fingerprint density at radius 2 is 1.66 bits per heavy atom. The fraction of sp³-hybridized carbons (Fsp3) is 0.520. The molecule has 61 heavy (non-hydrogen) atoms. The lowest BCUT2D eigenvalue weighted by atomic mass is 9.55. The van der Waals surface area contributed by atoms with Crippen molar-refractivity contribution in [2.24, 2.45) is 22.9 Å². The van der Waals surface area contributed by atoms with Gasteiger partial charge in [0, 0.05) is 43.2 Å². The van der Waals surface area contributed by atoms with Gasteiger partial charge in [-0.25, -0.2) is 0 Å². The highest BCUT2D eigenvalue weighted by Gasteiger charge is 2.65. The van der Waals surface area contributed by atoms with E-state index >= 15 is 4.79 Å². The Labute approximate surface area is 361 Å². The van der Waals surface area contributed by atoms with E-state index in [1.807, 2.05) is 43.9 Å². The molecular weight excluding hydrogens is 773 g/mol. The lowest BCUT2D eigenvalue weighted by Crippen LogP contribution is -2.70. The second kappa shape index (κ2) is 19.1. The molecule has 2 heterocycles. The van der Waals surface area contributed by atoms with Crippen molar-refractivity contribution < 1.29 is 43.5 Å². The number of oxime groups is 1. The van der Waals surface area contributed by atoms with Crippen molar-refractivity contribution in [2.75, 3.05) is 33.2 Å². The average molecular weight is 837 g/mol. The number of aliphatic hydroxyl groups excluding tert-OH is 2. The van der Waals surface area contributed by atoms with E-state index < -0.39 is 23.3 Å². The molecule has 328 valence electrons. The molecule has 11 nitrogen and oxygen atoms in total. The number of amides is 1. The van der Waals surface area contributed by atoms with Crippen LogP contribution in [0.4, 0.5) is 0 Å². The summed E-state index contributed by atoms with van der Waals surface area (Å²) in [4.78, 5) is 23.3. The summed E-state index contributed by atoms with van der Waals surface area (Å²) in [5, 5.41) is 24.9. The average Bonchev–Trinajstić information content (AvgIpc) is 3.72. The lowest BCUT2D eigenvalue weighted by molar-refractivity contribution is -0.254. The van der Waals surface area contributed by atoms with Crippen LogP contribution in [0.2, 0.25) is 0 Å². The third-order valence-electron chi connectivity index (χ3n) is 12.5. The Morgan fingerprint density at radius 3 is 2.38 bits per heavy atom. The van der Waals surface area contributed by atoms with E-state index in [9.17, 15) is 10.2 Å². The third-order valence-corrected chi connectivity index (χ3v) is 12.5. The van der Waals surface area contributed by atoms with Gasteiger partial charge < -0.3 is 43.6 Å². The topological polar surface area (TPSA) is 129 Å². The zero-order valence-electron chi connectivity index (χ0n) is 36.8. The van der Waals surface area contributed by atoms with Crippen LogP contribution in [-0.4, -0.2) is 77.3 Å². The van der Waals surface area contributed by atoms with Crippen molar-refractivity contribution in [1.82, 2.24) is 4.90 Å². The zero-order chi connectivity index (χ0) is 43.3. The molecule has 0 bridgehead atoms. The van der Waals surface area contributed by atoms with Crippen LogP contribution < -0.4 is 18.9 Å². The standard InChI is InChI=1S/C50H64N2O9/c1-8-22-52(48(55)35-17-20-43-44(28-35)57-31-56-43)45-30-41(51-61-49(5,6)7)39-27-34(14-10-12-23-53)38(15-11-13-24-54)46-40-29-37(59-36-18-16-32(3)33(4)26-36)19-21-42(40)60-50(45,47(39)46)58-25-9-2/h9,16-21,26-29,34,38,45-47,53-54H,2,8,10-15,22-25,30-31H2,1,3-7H3/t34-,38+,45-,46+,47+,50+/m0/s1. The lowest BCUT2D eigenvalue weighted by Gasteiger charge is -2.60. The molecule has 3 aromatic rings. The number of carbonyl (C=O) groups is 1. The molecule has 2 N–H and O–H groups in total. The monoisotopic (exact) mass is 836 g/mol. The van der Waals surface area contributed by atoms with Gasteiger partial charge in [-0.1, -0.05) is 43.1 Å². The molecule has 1 fully saturated rings. The summed E-state index contributed by atoms with van der Waals surface area (Å²) < 4.78 is 32.5. The summed E-state index contributed by atoms with van der Waals surface area (Å²) in [7, 11) is 0. The summed E-state index contributed by atoms with van der Waals surface area (Å²) in [6, 6.07) is 16.8. The fourth-order valence-corrected chi connectivity index (χ4v) is 9.65. The maximum atomic E-state index is 15.1. The van der Waals surface area contributed by atoms with Gasteiger partial charge in [0.25, 0.3) is 5.91 Å². The number of ether oxygens (including phenoxy) is 5. The predicted molar refractivity (Wildman–Crippen MR) is 236 cm³/mol. The first kappa shape index (κ1) is 44.2. The van der Waals surface area contributed by atoms with Gasteiger partial charge in [-0.2, -0.15) is 0 Å². The minimum absolute atomic E-state index is 0.0814. The number of nitrogens with zero attached hydrogens (tertiary/aromatic N) is 2. The quantitative estimate of drug-likeness (QED) is 0.0731. The number of benzene rings is 3. The molecule has 1 saturated carbocycles. The van der Waals surface area contributed by atoms with E-state index in [0.29, 0.717) is 60.8 Å². The minimum atomic E-state index is -1.37. The first-order chi connectivity index (χ1) is 29.4. The molecule has 3 aromatic carbocycles. The smallest absolute Gasteiger partial charge is 0.254 e. The molecule has 2 aliphatic heterocycles. The molecule has 4 aliphatic rings. The van der Waals surface area contributed by atoms with Crippen LogP contribution in [0.5, 0.6) is 28.7 Å². The second-order valence-electron chi connectivity index (χ2n) is 17.9.